The number of nitrogens with two attached hydrogens (primary N) is 1. The van der Waals surface area contributed by atoms with Crippen LogP contribution in [-0.2, 0) is 14.8 Å². The van der Waals surface area contributed by atoms with Crippen LogP contribution >= 0.6 is 11.6 Å². The van der Waals surface area contributed by atoms with E-state index in [2.05, 4.69) is 0 Å². The zero-order valence-corrected chi connectivity index (χ0v) is 11.6. The first-order valence-electron chi connectivity index (χ1n) is 5.10. The summed E-state index contributed by atoms with van der Waals surface area (Å²) in [5.41, 5.74) is 3.99. The van der Waals surface area contributed by atoms with E-state index < -0.39 is 44.2 Å². The van der Waals surface area contributed by atoms with E-state index in [0.717, 1.165) is 19.1 Å². The largest absolute Gasteiger partial charge is 0.478 e. The van der Waals surface area contributed by atoms with E-state index >= 15 is 0 Å². The molecule has 1 unspecified atom stereocenters. The number of rotatable bonds is 5. The van der Waals surface area contributed by atoms with Gasteiger partial charge in [-0.3, -0.25) is 4.79 Å². The standard InChI is InChI=1S/C10H10ClFN2O5S/c1-4(9(13)15)14-20(18,19)7-3-5(11)2-6(8(7)12)10(16)17/h2-4,14H,1H3,(H2,13,15)(H,16,17). The maximum Gasteiger partial charge on any atom is 0.338 e. The predicted octanol–water partition coefficient (Wildman–Crippen LogP) is 0.329. The Hall–Kier alpha value is -1.71. The second-order valence-corrected chi connectivity index (χ2v) is 5.93. The smallest absolute Gasteiger partial charge is 0.338 e. The lowest BCUT2D eigenvalue weighted by atomic mass is 10.2. The third-order valence-corrected chi connectivity index (χ3v) is 4.04. The van der Waals surface area contributed by atoms with Gasteiger partial charge in [-0.25, -0.2) is 17.6 Å². The molecule has 0 saturated carbocycles. The number of benzene rings is 1. The maximum atomic E-state index is 13.9. The average molecular weight is 325 g/mol. The van der Waals surface area contributed by atoms with Crippen molar-refractivity contribution in [2.24, 2.45) is 5.73 Å². The summed E-state index contributed by atoms with van der Waals surface area (Å²) in [6, 6.07) is 0.210. The molecule has 0 aromatic heterocycles. The van der Waals surface area contributed by atoms with Gasteiger partial charge in [0.15, 0.2) is 5.82 Å². The second-order valence-electron chi connectivity index (χ2n) is 3.82. The number of amides is 1. The molecular formula is C10H10ClFN2O5S. The summed E-state index contributed by atoms with van der Waals surface area (Å²) in [5, 5.41) is 8.48. The minimum Gasteiger partial charge on any atom is -0.478 e. The van der Waals surface area contributed by atoms with Crippen molar-refractivity contribution >= 4 is 33.5 Å². The van der Waals surface area contributed by atoms with Gasteiger partial charge < -0.3 is 10.8 Å². The first-order chi connectivity index (χ1) is 9.06. The summed E-state index contributed by atoms with van der Waals surface area (Å²) in [6.07, 6.45) is 0. The molecule has 0 aliphatic rings. The van der Waals surface area contributed by atoms with Crippen LogP contribution in [0.1, 0.15) is 17.3 Å². The summed E-state index contributed by atoms with van der Waals surface area (Å²) in [7, 11) is -4.49. The van der Waals surface area contributed by atoms with Crippen LogP contribution < -0.4 is 10.5 Å². The third kappa shape index (κ3) is 3.44. The molecule has 0 aliphatic carbocycles. The highest BCUT2D eigenvalue weighted by Gasteiger charge is 2.27. The zero-order valence-electron chi connectivity index (χ0n) is 10.1. The van der Waals surface area contributed by atoms with Gasteiger partial charge in [0.2, 0.25) is 15.9 Å². The number of halogens is 2. The van der Waals surface area contributed by atoms with Crippen LogP contribution in [-0.4, -0.2) is 31.4 Å². The Labute approximate surface area is 118 Å². The maximum absolute atomic E-state index is 13.9. The molecule has 10 heteroatoms. The van der Waals surface area contributed by atoms with Crippen molar-refractivity contribution in [2.75, 3.05) is 0 Å². The minimum absolute atomic E-state index is 0.282. The van der Waals surface area contributed by atoms with Crippen molar-refractivity contribution < 1.29 is 27.5 Å². The van der Waals surface area contributed by atoms with Gasteiger partial charge in [0, 0.05) is 5.02 Å². The first kappa shape index (κ1) is 16.3. The first-order valence-corrected chi connectivity index (χ1v) is 6.96. The van der Waals surface area contributed by atoms with Crippen LogP contribution in [0.25, 0.3) is 0 Å². The number of sulfonamides is 1. The van der Waals surface area contributed by atoms with Crippen molar-refractivity contribution in [3.05, 3.63) is 28.5 Å². The van der Waals surface area contributed by atoms with E-state index in [0.29, 0.717) is 0 Å². The molecule has 1 atom stereocenters. The van der Waals surface area contributed by atoms with Gasteiger partial charge in [-0.05, 0) is 19.1 Å². The van der Waals surface area contributed by atoms with Gasteiger partial charge >= 0.3 is 5.97 Å². The SMILES string of the molecule is CC(NS(=O)(=O)c1cc(Cl)cc(C(=O)O)c1F)C(N)=O. The molecule has 1 amide bonds. The number of primary amides is 1. The summed E-state index contributed by atoms with van der Waals surface area (Å²) in [5.74, 6) is -4.13. The van der Waals surface area contributed by atoms with Crippen LogP contribution in [0.4, 0.5) is 4.39 Å². The van der Waals surface area contributed by atoms with Gasteiger partial charge in [-0.15, -0.1) is 0 Å². The summed E-state index contributed by atoms with van der Waals surface area (Å²) in [4.78, 5) is 20.6. The molecule has 7 nitrogen and oxygen atoms in total. The van der Waals surface area contributed by atoms with E-state index in [4.69, 9.17) is 22.4 Å². The Kier molecular flexibility index (Phi) is 4.69. The fraction of sp³-hybridized carbons (Fsp3) is 0.200. The molecular weight excluding hydrogens is 315 g/mol. The summed E-state index contributed by atoms with van der Waals surface area (Å²) in [6.45, 7) is 1.15. The van der Waals surface area contributed by atoms with E-state index in [1.165, 1.54) is 0 Å². The third-order valence-electron chi connectivity index (χ3n) is 2.28. The van der Waals surface area contributed by atoms with Crippen molar-refractivity contribution in [1.82, 2.24) is 4.72 Å². The molecule has 0 heterocycles. The average Bonchev–Trinajstić information content (AvgIpc) is 2.30. The van der Waals surface area contributed by atoms with Gasteiger partial charge in [0.05, 0.1) is 11.6 Å². The molecule has 0 fully saturated rings. The number of carboxylic acid groups (broad SMARTS) is 1. The van der Waals surface area contributed by atoms with Gasteiger partial charge in [-0.1, -0.05) is 11.6 Å². The molecule has 1 aromatic carbocycles. The van der Waals surface area contributed by atoms with Crippen molar-refractivity contribution in [1.29, 1.82) is 0 Å². The van der Waals surface area contributed by atoms with E-state index in [1.54, 1.807) is 0 Å². The molecule has 0 aliphatic heterocycles. The second kappa shape index (κ2) is 5.73. The van der Waals surface area contributed by atoms with Crippen LogP contribution in [0.5, 0.6) is 0 Å². The Balaban J connectivity index is 3.39. The van der Waals surface area contributed by atoms with Crippen molar-refractivity contribution in [2.45, 2.75) is 17.9 Å². The van der Waals surface area contributed by atoms with Gasteiger partial charge in [0.1, 0.15) is 4.90 Å². The number of aromatic carboxylic acids is 1. The molecule has 4 N–H and O–H groups in total. The molecule has 20 heavy (non-hydrogen) atoms. The number of carbonyl (C=O) groups is 2. The minimum atomic E-state index is -4.49. The fourth-order valence-electron chi connectivity index (χ4n) is 1.27. The number of carboxylic acids is 1. The zero-order chi connectivity index (χ0) is 15.7. The van der Waals surface area contributed by atoms with Crippen LogP contribution in [0.15, 0.2) is 17.0 Å². The van der Waals surface area contributed by atoms with Crippen LogP contribution in [0.2, 0.25) is 5.02 Å². The molecule has 0 saturated heterocycles. The number of carbonyl (C=O) groups excluding carboxylic acids is 1. The quantitative estimate of drug-likeness (QED) is 0.719. The monoisotopic (exact) mass is 324 g/mol. The van der Waals surface area contributed by atoms with E-state index in [9.17, 15) is 22.4 Å². The van der Waals surface area contributed by atoms with E-state index in [-0.39, 0.29) is 5.02 Å². The lowest BCUT2D eigenvalue weighted by Crippen LogP contribution is -2.42. The van der Waals surface area contributed by atoms with Crippen LogP contribution in [0, 0.1) is 5.82 Å². The fourth-order valence-corrected chi connectivity index (χ4v) is 2.89. The van der Waals surface area contributed by atoms with Crippen molar-refractivity contribution in [3.8, 4) is 0 Å². The predicted molar refractivity (Wildman–Crippen MR) is 67.3 cm³/mol. The highest BCUT2D eigenvalue weighted by atomic mass is 35.5. The summed E-state index contributed by atoms with van der Waals surface area (Å²) >= 11 is 5.56. The van der Waals surface area contributed by atoms with E-state index in [1.807, 2.05) is 4.72 Å². The Morgan fingerprint density at radius 2 is 2.00 bits per heavy atom. The molecule has 1 rings (SSSR count). The lowest BCUT2D eigenvalue weighted by Gasteiger charge is -2.12. The Bertz CT molecular complexity index is 676. The molecule has 110 valence electrons. The number of nitrogens with one attached hydrogen (secondary N) is 1. The Morgan fingerprint density at radius 3 is 2.45 bits per heavy atom. The molecule has 0 radical (unpaired) electrons. The highest BCUT2D eigenvalue weighted by Crippen LogP contribution is 2.24. The number of hydrogen-bond acceptors (Lipinski definition) is 4. The number of hydrogen-bond donors (Lipinski definition) is 3. The molecule has 0 spiro atoms. The highest BCUT2D eigenvalue weighted by molar-refractivity contribution is 7.89. The van der Waals surface area contributed by atoms with Gasteiger partial charge in [0.25, 0.3) is 0 Å². The lowest BCUT2D eigenvalue weighted by molar-refractivity contribution is -0.119. The normalized spacial score (nSPS) is 12.9. The van der Waals surface area contributed by atoms with Gasteiger partial charge in [-0.2, -0.15) is 4.72 Å². The van der Waals surface area contributed by atoms with Crippen LogP contribution in [0.3, 0.4) is 0 Å². The van der Waals surface area contributed by atoms with Crippen molar-refractivity contribution in [3.63, 3.8) is 0 Å². The molecule has 1 aromatic rings. The Morgan fingerprint density at radius 1 is 1.45 bits per heavy atom. The molecule has 0 bridgehead atoms. The summed E-state index contributed by atoms with van der Waals surface area (Å²) < 4.78 is 39.5. The topological polar surface area (TPSA) is 127 Å².